The third kappa shape index (κ3) is 3.24. The van der Waals surface area contributed by atoms with Crippen molar-refractivity contribution in [3.05, 3.63) is 59.8 Å². The van der Waals surface area contributed by atoms with Gasteiger partial charge >= 0.3 is 6.03 Å². The van der Waals surface area contributed by atoms with E-state index in [1.54, 1.807) is 30.3 Å². The van der Waals surface area contributed by atoms with Crippen molar-refractivity contribution in [3.63, 3.8) is 0 Å². The van der Waals surface area contributed by atoms with E-state index >= 15 is 0 Å². The van der Waals surface area contributed by atoms with Crippen LogP contribution >= 0.6 is 0 Å². The molecule has 1 fully saturated rings. The molecular formula is C16H17FN2O2. The van der Waals surface area contributed by atoms with Gasteiger partial charge in [-0.15, -0.1) is 0 Å². The van der Waals surface area contributed by atoms with Crippen LogP contribution in [0.15, 0.2) is 47.1 Å². The van der Waals surface area contributed by atoms with Gasteiger partial charge in [-0.3, -0.25) is 0 Å². The first-order chi connectivity index (χ1) is 10.1. The summed E-state index contributed by atoms with van der Waals surface area (Å²) in [5.41, 5.74) is 0.939. The molecule has 1 heterocycles. The largest absolute Gasteiger partial charge is 0.467 e. The Bertz CT molecular complexity index is 627. The number of rotatable bonds is 4. The van der Waals surface area contributed by atoms with Gasteiger partial charge in [0.25, 0.3) is 0 Å². The molecule has 110 valence electrons. The van der Waals surface area contributed by atoms with Gasteiger partial charge in [-0.25, -0.2) is 9.18 Å². The van der Waals surface area contributed by atoms with Crippen molar-refractivity contribution in [2.45, 2.75) is 24.9 Å². The van der Waals surface area contributed by atoms with Crippen molar-refractivity contribution < 1.29 is 13.6 Å². The molecule has 1 aliphatic rings. The molecule has 2 atom stereocenters. The number of carbonyl (C=O) groups excluding carboxylic acids is 1. The monoisotopic (exact) mass is 288 g/mol. The molecule has 3 rings (SSSR count). The van der Waals surface area contributed by atoms with Crippen LogP contribution in [0, 0.1) is 5.82 Å². The van der Waals surface area contributed by atoms with Gasteiger partial charge < -0.3 is 14.6 Å². The lowest BCUT2D eigenvalue weighted by atomic mass is 10.1. The molecule has 0 bridgehead atoms. The number of amides is 2. The van der Waals surface area contributed by atoms with E-state index in [0.717, 1.165) is 17.7 Å². The smallest absolute Gasteiger partial charge is 0.317 e. The van der Waals surface area contributed by atoms with Crippen LogP contribution in [-0.2, 0) is 6.54 Å². The molecule has 4 nitrogen and oxygen atoms in total. The highest BCUT2D eigenvalue weighted by Crippen LogP contribution is 2.40. The third-order valence-corrected chi connectivity index (χ3v) is 3.70. The lowest BCUT2D eigenvalue weighted by Crippen LogP contribution is -2.38. The number of urea groups is 1. The predicted octanol–water partition coefficient (Wildman–Crippen LogP) is 3.12. The van der Waals surface area contributed by atoms with Crippen LogP contribution in [0.4, 0.5) is 9.18 Å². The topological polar surface area (TPSA) is 45.5 Å². The second kappa shape index (κ2) is 5.60. The van der Waals surface area contributed by atoms with E-state index in [1.165, 1.54) is 12.1 Å². The summed E-state index contributed by atoms with van der Waals surface area (Å²) in [6.07, 6.45) is 2.44. The fraction of sp³-hybridized carbons (Fsp3) is 0.312. The van der Waals surface area contributed by atoms with Gasteiger partial charge in [0, 0.05) is 19.0 Å². The average molecular weight is 288 g/mol. The van der Waals surface area contributed by atoms with Crippen molar-refractivity contribution in [1.29, 1.82) is 0 Å². The molecule has 0 saturated heterocycles. The highest BCUT2D eigenvalue weighted by atomic mass is 19.1. The fourth-order valence-corrected chi connectivity index (χ4v) is 2.44. The minimum Gasteiger partial charge on any atom is -0.467 e. The molecule has 5 heteroatoms. The van der Waals surface area contributed by atoms with Crippen LogP contribution in [0.3, 0.4) is 0 Å². The Morgan fingerprint density at radius 2 is 2.29 bits per heavy atom. The van der Waals surface area contributed by atoms with Gasteiger partial charge in [0.05, 0.1) is 12.8 Å². The SMILES string of the molecule is CN(Cc1ccco1)C(=O)NC1CC1c1cccc(F)c1. The Hall–Kier alpha value is -2.30. The molecule has 2 aromatic rings. The molecule has 0 radical (unpaired) electrons. The Morgan fingerprint density at radius 3 is 3.00 bits per heavy atom. The zero-order valence-corrected chi connectivity index (χ0v) is 11.8. The van der Waals surface area contributed by atoms with E-state index in [9.17, 15) is 9.18 Å². The second-order valence-corrected chi connectivity index (χ2v) is 5.39. The number of benzene rings is 1. The summed E-state index contributed by atoms with van der Waals surface area (Å²) in [4.78, 5) is 13.6. The van der Waals surface area contributed by atoms with Crippen LogP contribution in [0.25, 0.3) is 0 Å². The highest BCUT2D eigenvalue weighted by molar-refractivity contribution is 5.74. The first kappa shape index (κ1) is 13.7. The first-order valence-corrected chi connectivity index (χ1v) is 6.93. The Balaban J connectivity index is 1.52. The molecule has 1 aromatic carbocycles. The van der Waals surface area contributed by atoms with E-state index in [2.05, 4.69) is 5.32 Å². The van der Waals surface area contributed by atoms with E-state index < -0.39 is 0 Å². The number of carbonyl (C=O) groups is 1. The zero-order valence-electron chi connectivity index (χ0n) is 11.8. The van der Waals surface area contributed by atoms with Gasteiger partial charge in [-0.05, 0) is 36.2 Å². The van der Waals surface area contributed by atoms with Crippen LogP contribution in [-0.4, -0.2) is 24.0 Å². The summed E-state index contributed by atoms with van der Waals surface area (Å²) < 4.78 is 18.4. The minimum absolute atomic E-state index is 0.0818. The van der Waals surface area contributed by atoms with E-state index in [4.69, 9.17) is 4.42 Å². The summed E-state index contributed by atoms with van der Waals surface area (Å²) >= 11 is 0. The van der Waals surface area contributed by atoms with Crippen molar-refractivity contribution in [3.8, 4) is 0 Å². The molecule has 2 amide bonds. The average Bonchev–Trinajstić information content (AvgIpc) is 3.03. The molecule has 0 spiro atoms. The summed E-state index contributed by atoms with van der Waals surface area (Å²) in [7, 11) is 1.72. The number of hydrogen-bond acceptors (Lipinski definition) is 2. The lowest BCUT2D eigenvalue weighted by Gasteiger charge is -2.16. The molecule has 1 aromatic heterocycles. The number of nitrogens with one attached hydrogen (secondary N) is 1. The molecule has 1 saturated carbocycles. The molecule has 21 heavy (non-hydrogen) atoms. The van der Waals surface area contributed by atoms with Crippen molar-refractivity contribution in [2.24, 2.45) is 0 Å². The van der Waals surface area contributed by atoms with E-state index in [1.807, 2.05) is 12.1 Å². The van der Waals surface area contributed by atoms with E-state index in [-0.39, 0.29) is 23.8 Å². The van der Waals surface area contributed by atoms with E-state index in [0.29, 0.717) is 6.54 Å². The predicted molar refractivity (Wildman–Crippen MR) is 76.3 cm³/mol. The van der Waals surface area contributed by atoms with Crippen molar-refractivity contribution in [2.75, 3.05) is 7.05 Å². The molecular weight excluding hydrogens is 271 g/mol. The summed E-state index contributed by atoms with van der Waals surface area (Å²) in [6, 6.07) is 10.1. The summed E-state index contributed by atoms with van der Waals surface area (Å²) in [6.45, 7) is 0.427. The van der Waals surface area contributed by atoms with Crippen molar-refractivity contribution in [1.82, 2.24) is 10.2 Å². The Labute approximate surface area is 122 Å². The van der Waals surface area contributed by atoms with Crippen LogP contribution in [0.5, 0.6) is 0 Å². The normalized spacial score (nSPS) is 20.1. The maximum Gasteiger partial charge on any atom is 0.317 e. The standard InChI is InChI=1S/C16H17FN2O2/c1-19(10-13-6-3-7-21-13)16(20)18-15-9-14(15)11-4-2-5-12(17)8-11/h2-8,14-15H,9-10H2,1H3,(H,18,20). The molecule has 0 aliphatic heterocycles. The Kier molecular flexibility index (Phi) is 3.64. The number of halogens is 1. The van der Waals surface area contributed by atoms with Crippen LogP contribution in [0.1, 0.15) is 23.7 Å². The second-order valence-electron chi connectivity index (χ2n) is 5.39. The minimum atomic E-state index is -0.237. The third-order valence-electron chi connectivity index (χ3n) is 3.70. The molecule has 1 aliphatic carbocycles. The molecule has 2 unspecified atom stereocenters. The number of hydrogen-bond donors (Lipinski definition) is 1. The first-order valence-electron chi connectivity index (χ1n) is 6.93. The molecule has 1 N–H and O–H groups in total. The highest BCUT2D eigenvalue weighted by Gasteiger charge is 2.40. The van der Waals surface area contributed by atoms with Crippen LogP contribution < -0.4 is 5.32 Å². The van der Waals surface area contributed by atoms with Gasteiger partial charge in [0.1, 0.15) is 11.6 Å². The summed E-state index contributed by atoms with van der Waals surface area (Å²) in [5, 5.41) is 2.96. The fourth-order valence-electron chi connectivity index (χ4n) is 2.44. The maximum atomic E-state index is 13.2. The van der Waals surface area contributed by atoms with Crippen molar-refractivity contribution >= 4 is 6.03 Å². The summed E-state index contributed by atoms with van der Waals surface area (Å²) in [5.74, 6) is 0.714. The van der Waals surface area contributed by atoms with Gasteiger partial charge in [-0.2, -0.15) is 0 Å². The number of furan rings is 1. The lowest BCUT2D eigenvalue weighted by molar-refractivity contribution is 0.202. The maximum absolute atomic E-state index is 13.2. The number of nitrogens with zero attached hydrogens (tertiary/aromatic N) is 1. The quantitative estimate of drug-likeness (QED) is 0.939. The van der Waals surface area contributed by atoms with Gasteiger partial charge in [0.15, 0.2) is 0 Å². The van der Waals surface area contributed by atoms with Crippen LogP contribution in [0.2, 0.25) is 0 Å². The zero-order chi connectivity index (χ0) is 14.8. The van der Waals surface area contributed by atoms with Gasteiger partial charge in [-0.1, -0.05) is 12.1 Å². The van der Waals surface area contributed by atoms with Gasteiger partial charge in [0.2, 0.25) is 0 Å². The Morgan fingerprint density at radius 1 is 1.43 bits per heavy atom.